The maximum atomic E-state index is 9.05. The molecule has 0 amide bonds. The summed E-state index contributed by atoms with van der Waals surface area (Å²) in [6, 6.07) is 0.953. The van der Waals surface area contributed by atoms with Gasteiger partial charge in [-0.2, -0.15) is 11.8 Å². The Morgan fingerprint density at radius 3 is 2.92 bits per heavy atom. The molecule has 1 saturated carbocycles. The van der Waals surface area contributed by atoms with E-state index in [-0.39, 0.29) is 12.6 Å². The van der Waals surface area contributed by atoms with E-state index in [2.05, 4.69) is 5.32 Å². The summed E-state index contributed by atoms with van der Waals surface area (Å²) in [4.78, 5) is 0. The second-order valence-corrected chi connectivity index (χ2v) is 4.54. The third kappa shape index (κ3) is 5.52. The molecule has 78 valence electrons. The summed E-state index contributed by atoms with van der Waals surface area (Å²) in [7, 11) is 1.71. The van der Waals surface area contributed by atoms with Crippen LogP contribution in [0.15, 0.2) is 0 Å². The van der Waals surface area contributed by atoms with Gasteiger partial charge < -0.3 is 15.2 Å². The number of hydrogen-bond donors (Lipinski definition) is 2. The molecule has 1 aliphatic carbocycles. The van der Waals surface area contributed by atoms with Gasteiger partial charge in [-0.1, -0.05) is 0 Å². The van der Waals surface area contributed by atoms with Gasteiger partial charge in [-0.3, -0.25) is 0 Å². The van der Waals surface area contributed by atoms with Crippen molar-refractivity contribution in [3.05, 3.63) is 0 Å². The molecule has 0 spiro atoms. The van der Waals surface area contributed by atoms with Crippen LogP contribution < -0.4 is 5.32 Å². The van der Waals surface area contributed by atoms with Gasteiger partial charge in [-0.25, -0.2) is 0 Å². The number of ether oxygens (including phenoxy) is 1. The van der Waals surface area contributed by atoms with E-state index < -0.39 is 0 Å². The highest BCUT2D eigenvalue weighted by atomic mass is 32.2. The molecule has 1 unspecified atom stereocenters. The number of nitrogens with one attached hydrogen (secondary N) is 1. The first-order valence-electron chi connectivity index (χ1n) is 4.80. The quantitative estimate of drug-likeness (QED) is 0.566. The van der Waals surface area contributed by atoms with Crippen molar-refractivity contribution in [1.82, 2.24) is 5.32 Å². The summed E-state index contributed by atoms with van der Waals surface area (Å²) >= 11 is 1.83. The Labute approximate surface area is 84.2 Å². The van der Waals surface area contributed by atoms with Crippen LogP contribution in [0.2, 0.25) is 0 Å². The lowest BCUT2D eigenvalue weighted by Crippen LogP contribution is -2.36. The van der Waals surface area contributed by atoms with Crippen molar-refractivity contribution < 1.29 is 9.84 Å². The van der Waals surface area contributed by atoms with Crippen LogP contribution in [-0.2, 0) is 4.74 Å². The molecule has 0 radical (unpaired) electrons. The van der Waals surface area contributed by atoms with E-state index >= 15 is 0 Å². The topological polar surface area (TPSA) is 41.5 Å². The van der Waals surface area contributed by atoms with Crippen LogP contribution in [0.5, 0.6) is 0 Å². The molecule has 0 saturated heterocycles. The number of aliphatic hydroxyl groups excluding tert-OH is 1. The predicted octanol–water partition coefficient (Wildman–Crippen LogP) is 0.479. The third-order valence-corrected chi connectivity index (χ3v) is 3.11. The molecular weight excluding hydrogens is 186 g/mol. The minimum absolute atomic E-state index is 0.247. The van der Waals surface area contributed by atoms with E-state index in [4.69, 9.17) is 9.84 Å². The summed E-state index contributed by atoms with van der Waals surface area (Å²) in [6.45, 7) is 1.04. The van der Waals surface area contributed by atoms with Crippen LogP contribution in [0.1, 0.15) is 12.8 Å². The van der Waals surface area contributed by atoms with Crippen LogP contribution >= 0.6 is 11.8 Å². The van der Waals surface area contributed by atoms with Gasteiger partial charge in [0.25, 0.3) is 0 Å². The van der Waals surface area contributed by atoms with Crippen molar-refractivity contribution in [2.45, 2.75) is 24.9 Å². The van der Waals surface area contributed by atoms with Gasteiger partial charge in [0.2, 0.25) is 0 Å². The summed E-state index contributed by atoms with van der Waals surface area (Å²) < 4.78 is 4.95. The molecule has 0 aromatic heterocycles. The number of aliphatic hydroxyl groups is 1. The first kappa shape index (κ1) is 11.3. The van der Waals surface area contributed by atoms with E-state index in [0.29, 0.717) is 6.04 Å². The third-order valence-electron chi connectivity index (χ3n) is 2.02. The lowest BCUT2D eigenvalue weighted by Gasteiger charge is -2.14. The average molecular weight is 205 g/mol. The van der Waals surface area contributed by atoms with Crippen molar-refractivity contribution in [2.75, 3.05) is 31.8 Å². The molecule has 1 fully saturated rings. The summed E-state index contributed by atoms with van der Waals surface area (Å²) in [5.41, 5.74) is 0. The Morgan fingerprint density at radius 1 is 1.62 bits per heavy atom. The molecule has 0 aliphatic heterocycles. The largest absolute Gasteiger partial charge is 0.395 e. The van der Waals surface area contributed by atoms with Crippen LogP contribution in [0, 0.1) is 0 Å². The Morgan fingerprint density at radius 2 is 2.38 bits per heavy atom. The number of methoxy groups -OCH3 is 1. The number of thioether (sulfide) groups is 1. The van der Waals surface area contributed by atoms with Gasteiger partial charge in [0.1, 0.15) is 0 Å². The van der Waals surface area contributed by atoms with Crippen molar-refractivity contribution in [2.24, 2.45) is 0 Å². The van der Waals surface area contributed by atoms with E-state index in [1.54, 1.807) is 7.11 Å². The molecular formula is C9H19NO2S. The number of hydrogen-bond acceptors (Lipinski definition) is 4. The Kier molecular flexibility index (Phi) is 5.78. The van der Waals surface area contributed by atoms with Crippen LogP contribution in [0.25, 0.3) is 0 Å². The van der Waals surface area contributed by atoms with Crippen molar-refractivity contribution in [3.63, 3.8) is 0 Å². The minimum Gasteiger partial charge on any atom is -0.395 e. The standard InChI is InChI=1S/C9H19NO2S/c1-12-4-5-13-7-9(6-11)10-8-2-3-8/h8-11H,2-7H2,1H3. The minimum atomic E-state index is 0.247. The molecule has 3 nitrogen and oxygen atoms in total. The van der Waals surface area contributed by atoms with E-state index in [0.717, 1.165) is 18.1 Å². The van der Waals surface area contributed by atoms with E-state index in [1.165, 1.54) is 12.8 Å². The predicted molar refractivity (Wildman–Crippen MR) is 56.2 cm³/mol. The fourth-order valence-electron chi connectivity index (χ4n) is 1.10. The van der Waals surface area contributed by atoms with E-state index in [9.17, 15) is 0 Å². The molecule has 2 N–H and O–H groups in total. The highest BCUT2D eigenvalue weighted by molar-refractivity contribution is 7.99. The van der Waals surface area contributed by atoms with Crippen molar-refractivity contribution >= 4 is 11.8 Å². The van der Waals surface area contributed by atoms with Crippen molar-refractivity contribution in [3.8, 4) is 0 Å². The first-order chi connectivity index (χ1) is 6.36. The second kappa shape index (κ2) is 6.65. The van der Waals surface area contributed by atoms with Crippen LogP contribution in [0.4, 0.5) is 0 Å². The normalized spacial score (nSPS) is 18.9. The molecule has 0 bridgehead atoms. The lowest BCUT2D eigenvalue weighted by atomic mass is 10.3. The number of rotatable bonds is 8. The average Bonchev–Trinajstić information content (AvgIpc) is 2.94. The van der Waals surface area contributed by atoms with Gasteiger partial charge >= 0.3 is 0 Å². The zero-order valence-corrected chi connectivity index (χ0v) is 8.98. The summed E-state index contributed by atoms with van der Waals surface area (Å²) in [5, 5.41) is 12.5. The molecule has 0 aromatic rings. The van der Waals surface area contributed by atoms with Crippen LogP contribution in [0.3, 0.4) is 0 Å². The maximum absolute atomic E-state index is 9.05. The monoisotopic (exact) mass is 205 g/mol. The van der Waals surface area contributed by atoms with Gasteiger partial charge in [-0.05, 0) is 12.8 Å². The highest BCUT2D eigenvalue weighted by Gasteiger charge is 2.23. The Hall–Kier alpha value is 0.230. The fraction of sp³-hybridized carbons (Fsp3) is 1.00. The second-order valence-electron chi connectivity index (χ2n) is 3.39. The first-order valence-corrected chi connectivity index (χ1v) is 5.96. The van der Waals surface area contributed by atoms with Gasteiger partial charge in [-0.15, -0.1) is 0 Å². The zero-order chi connectivity index (χ0) is 9.52. The van der Waals surface area contributed by atoms with E-state index in [1.807, 2.05) is 11.8 Å². The molecule has 1 atom stereocenters. The Balaban J connectivity index is 1.94. The lowest BCUT2D eigenvalue weighted by molar-refractivity contribution is 0.218. The Bertz CT molecular complexity index is 131. The highest BCUT2D eigenvalue weighted by Crippen LogP contribution is 2.20. The molecule has 1 rings (SSSR count). The maximum Gasteiger partial charge on any atom is 0.0592 e. The van der Waals surface area contributed by atoms with Gasteiger partial charge in [0.15, 0.2) is 0 Å². The van der Waals surface area contributed by atoms with Gasteiger partial charge in [0, 0.05) is 30.7 Å². The van der Waals surface area contributed by atoms with Gasteiger partial charge in [0.05, 0.1) is 13.2 Å². The zero-order valence-electron chi connectivity index (χ0n) is 8.16. The van der Waals surface area contributed by atoms with Crippen molar-refractivity contribution in [1.29, 1.82) is 0 Å². The summed E-state index contributed by atoms with van der Waals surface area (Å²) in [5.74, 6) is 2.00. The summed E-state index contributed by atoms with van der Waals surface area (Å²) in [6.07, 6.45) is 2.55. The molecule has 13 heavy (non-hydrogen) atoms. The fourth-order valence-corrected chi connectivity index (χ4v) is 2.04. The SMILES string of the molecule is COCCSCC(CO)NC1CC1. The molecule has 0 aromatic carbocycles. The molecule has 0 heterocycles. The molecule has 4 heteroatoms. The smallest absolute Gasteiger partial charge is 0.0592 e. The van der Waals surface area contributed by atoms with Crippen LogP contribution in [-0.4, -0.2) is 49.0 Å². The molecule has 1 aliphatic rings.